The molecule has 0 bridgehead atoms. The van der Waals surface area contributed by atoms with Crippen LogP contribution in [0.3, 0.4) is 0 Å². The van der Waals surface area contributed by atoms with E-state index in [1.165, 1.54) is 10.4 Å². The van der Waals surface area contributed by atoms with Crippen molar-refractivity contribution < 1.29 is 22.4 Å². The summed E-state index contributed by atoms with van der Waals surface area (Å²) in [6.07, 6.45) is 1.39. The fourth-order valence-electron chi connectivity index (χ4n) is 0.498. The SMILES string of the molecule is Sn1cnnn1.[Ag+].[c-]1ccccc1. The number of benzene rings is 1. The van der Waals surface area contributed by atoms with Crippen LogP contribution in [0.15, 0.2) is 36.7 Å². The summed E-state index contributed by atoms with van der Waals surface area (Å²) >= 11 is 3.72. The Kier molecular flexibility index (Phi) is 7.62. The summed E-state index contributed by atoms with van der Waals surface area (Å²) in [7, 11) is 0. The van der Waals surface area contributed by atoms with Crippen molar-refractivity contribution in [3.8, 4) is 0 Å². The molecule has 6 heteroatoms. The molecule has 1 aromatic heterocycles. The zero-order valence-electron chi connectivity index (χ0n) is 6.50. The Morgan fingerprint density at radius 3 is 2.00 bits per heavy atom. The maximum absolute atomic E-state index is 3.72. The molecule has 72 valence electrons. The van der Waals surface area contributed by atoms with Gasteiger partial charge >= 0.3 is 22.4 Å². The van der Waals surface area contributed by atoms with Gasteiger partial charge in [-0.1, -0.05) is 0 Å². The molecule has 0 unspecified atom stereocenters. The molecule has 13 heavy (non-hydrogen) atoms. The van der Waals surface area contributed by atoms with Gasteiger partial charge in [-0.2, -0.15) is 40.5 Å². The molecule has 0 fully saturated rings. The molecule has 0 aliphatic carbocycles. The molecule has 0 saturated heterocycles. The van der Waals surface area contributed by atoms with Crippen molar-refractivity contribution in [2.24, 2.45) is 0 Å². The molecule has 0 spiro atoms. The van der Waals surface area contributed by atoms with E-state index in [9.17, 15) is 0 Å². The number of rotatable bonds is 0. The van der Waals surface area contributed by atoms with Gasteiger partial charge < -0.3 is 0 Å². The van der Waals surface area contributed by atoms with Gasteiger partial charge in [-0.3, -0.25) is 0 Å². The van der Waals surface area contributed by atoms with E-state index in [-0.39, 0.29) is 22.4 Å². The topological polar surface area (TPSA) is 43.6 Å². The van der Waals surface area contributed by atoms with Crippen LogP contribution in [-0.2, 0) is 22.4 Å². The van der Waals surface area contributed by atoms with Crippen molar-refractivity contribution >= 4 is 12.8 Å². The van der Waals surface area contributed by atoms with Crippen molar-refractivity contribution in [1.82, 2.24) is 19.6 Å². The third-order valence-electron chi connectivity index (χ3n) is 0.945. The van der Waals surface area contributed by atoms with Crippen molar-refractivity contribution in [3.05, 3.63) is 42.7 Å². The van der Waals surface area contributed by atoms with Gasteiger partial charge in [0.05, 0.1) is 0 Å². The Morgan fingerprint density at radius 1 is 1.15 bits per heavy atom. The summed E-state index contributed by atoms with van der Waals surface area (Å²) in [6.45, 7) is 0. The van der Waals surface area contributed by atoms with Crippen LogP contribution in [0.1, 0.15) is 0 Å². The second kappa shape index (κ2) is 8.00. The van der Waals surface area contributed by atoms with Gasteiger partial charge in [0, 0.05) is 0 Å². The molecule has 0 radical (unpaired) electrons. The van der Waals surface area contributed by atoms with Crippen LogP contribution >= 0.6 is 12.8 Å². The van der Waals surface area contributed by atoms with E-state index in [2.05, 4.69) is 34.4 Å². The Balaban J connectivity index is 0.000000206. The van der Waals surface area contributed by atoms with Crippen molar-refractivity contribution in [2.75, 3.05) is 0 Å². The number of nitrogens with zero attached hydrogens (tertiary/aromatic N) is 4. The first-order valence-corrected chi connectivity index (χ1v) is 3.63. The van der Waals surface area contributed by atoms with E-state index in [1.54, 1.807) is 0 Å². The van der Waals surface area contributed by atoms with Gasteiger partial charge in [-0.05, 0) is 23.2 Å². The average Bonchev–Trinajstić information content (AvgIpc) is 2.60. The minimum absolute atomic E-state index is 0. The standard InChI is InChI=1S/C6H5.CH2N4S.Ag/c1-2-4-6-5-3-1;6-5-1-2-3-4-5;/h1-5H;1,6H;/q-1;;+1. The maximum Gasteiger partial charge on any atom is 1.00 e. The molecule has 1 heterocycles. The molecule has 2 aromatic rings. The number of hydrogen-bond donors (Lipinski definition) is 1. The summed E-state index contributed by atoms with van der Waals surface area (Å²) < 4.78 is 1.22. The Hall–Kier alpha value is -0.620. The predicted octanol–water partition coefficient (Wildman–Crippen LogP) is 0.850. The number of hydrogen-bond acceptors (Lipinski definition) is 4. The first kappa shape index (κ1) is 12.4. The van der Waals surface area contributed by atoms with Crippen molar-refractivity contribution in [3.63, 3.8) is 0 Å². The molecule has 0 aliphatic heterocycles. The van der Waals surface area contributed by atoms with E-state index in [0.717, 1.165) is 0 Å². The number of tetrazole rings is 1. The molecule has 4 nitrogen and oxygen atoms in total. The fourth-order valence-corrected chi connectivity index (χ4v) is 0.580. The molecule has 1 aromatic carbocycles. The Bertz CT molecular complexity index is 260. The summed E-state index contributed by atoms with van der Waals surface area (Å²) in [6, 6.07) is 12.5. The molecular formula is C7H7AgN4S. The van der Waals surface area contributed by atoms with Crippen molar-refractivity contribution in [1.29, 1.82) is 0 Å². The average molecular weight is 287 g/mol. The second-order valence-electron chi connectivity index (χ2n) is 1.81. The Labute approximate surface area is 97.4 Å². The smallest absolute Gasteiger partial charge is 0.184 e. The second-order valence-corrected chi connectivity index (χ2v) is 2.22. The van der Waals surface area contributed by atoms with E-state index in [0.29, 0.717) is 0 Å². The fraction of sp³-hybridized carbons (Fsp3) is 0. The number of aromatic nitrogens is 4. The minimum atomic E-state index is 0. The Morgan fingerprint density at radius 2 is 1.85 bits per heavy atom. The monoisotopic (exact) mass is 286 g/mol. The van der Waals surface area contributed by atoms with Gasteiger partial charge in [0.1, 0.15) is 0 Å². The largest absolute Gasteiger partial charge is 1.00 e. The zero-order valence-corrected chi connectivity index (χ0v) is 8.88. The molecular weight excluding hydrogens is 280 g/mol. The van der Waals surface area contributed by atoms with Crippen LogP contribution in [0.2, 0.25) is 0 Å². The third kappa shape index (κ3) is 6.53. The van der Waals surface area contributed by atoms with E-state index >= 15 is 0 Å². The van der Waals surface area contributed by atoms with Gasteiger partial charge in [0.15, 0.2) is 6.33 Å². The molecule has 2 rings (SSSR count). The molecule has 0 aliphatic rings. The van der Waals surface area contributed by atoms with Gasteiger partial charge in [-0.15, -0.1) is 5.10 Å². The van der Waals surface area contributed by atoms with Gasteiger partial charge in [-0.25, -0.2) is 0 Å². The summed E-state index contributed by atoms with van der Waals surface area (Å²) in [5.74, 6) is 0. The maximum atomic E-state index is 3.72. The summed E-state index contributed by atoms with van der Waals surface area (Å²) in [5.41, 5.74) is 0. The third-order valence-corrected chi connectivity index (χ3v) is 1.13. The van der Waals surface area contributed by atoms with Crippen LogP contribution in [-0.4, -0.2) is 19.6 Å². The first-order chi connectivity index (χ1) is 5.89. The van der Waals surface area contributed by atoms with Crippen LogP contribution in [0, 0.1) is 6.07 Å². The van der Waals surface area contributed by atoms with Gasteiger partial charge in [0.2, 0.25) is 0 Å². The predicted molar refractivity (Wildman–Crippen MR) is 47.5 cm³/mol. The first-order valence-electron chi connectivity index (χ1n) is 3.23. The molecule has 0 N–H and O–H groups in total. The van der Waals surface area contributed by atoms with Crippen molar-refractivity contribution in [2.45, 2.75) is 0 Å². The number of thiol groups is 1. The minimum Gasteiger partial charge on any atom is -0.184 e. The zero-order chi connectivity index (χ0) is 8.65. The summed E-state index contributed by atoms with van der Waals surface area (Å²) in [4.78, 5) is 0. The van der Waals surface area contributed by atoms with Gasteiger partial charge in [0.25, 0.3) is 0 Å². The van der Waals surface area contributed by atoms with E-state index in [4.69, 9.17) is 0 Å². The molecule has 0 saturated carbocycles. The summed E-state index contributed by atoms with van der Waals surface area (Å²) in [5, 5.41) is 9.89. The van der Waals surface area contributed by atoms with E-state index < -0.39 is 0 Å². The van der Waals surface area contributed by atoms with Crippen LogP contribution < -0.4 is 0 Å². The molecule has 0 atom stereocenters. The normalized spacial score (nSPS) is 7.77. The van der Waals surface area contributed by atoms with E-state index in [1.807, 2.05) is 30.3 Å². The molecule has 0 amide bonds. The quantitative estimate of drug-likeness (QED) is 0.444. The van der Waals surface area contributed by atoms with Crippen LogP contribution in [0.5, 0.6) is 0 Å². The van der Waals surface area contributed by atoms with Crippen LogP contribution in [0.4, 0.5) is 0 Å². The van der Waals surface area contributed by atoms with Crippen LogP contribution in [0.25, 0.3) is 0 Å².